The Hall–Kier alpha value is -2.35. The highest BCUT2D eigenvalue weighted by atomic mass is 16.6. The minimum Gasteiger partial charge on any atom is -0.493 e. The summed E-state index contributed by atoms with van der Waals surface area (Å²) < 4.78 is 10.5. The van der Waals surface area contributed by atoms with Gasteiger partial charge >= 0.3 is 0 Å². The van der Waals surface area contributed by atoms with E-state index in [2.05, 4.69) is 5.32 Å². The number of benzene rings is 1. The number of likely N-dealkylation sites (N-methyl/N-ethyl adjacent to an activating group) is 1. The highest BCUT2D eigenvalue weighted by molar-refractivity contribution is 5.80. The van der Waals surface area contributed by atoms with Gasteiger partial charge in [0.25, 0.3) is 11.6 Å². The third kappa shape index (κ3) is 3.35. The lowest BCUT2D eigenvalue weighted by Gasteiger charge is -2.16. The quantitative estimate of drug-likeness (QED) is 0.582. The molecule has 1 rings (SSSR count). The number of ether oxygens (including phenoxy) is 2. The number of nitrogens with one attached hydrogen (secondary N) is 1. The lowest BCUT2D eigenvalue weighted by molar-refractivity contribution is -0.385. The molecule has 1 unspecified atom stereocenters. The largest absolute Gasteiger partial charge is 0.493 e. The molecule has 0 heterocycles. The van der Waals surface area contributed by atoms with Crippen LogP contribution in [0.25, 0.3) is 0 Å². The van der Waals surface area contributed by atoms with Crippen LogP contribution in [0.15, 0.2) is 12.1 Å². The minimum atomic E-state index is -0.808. The molecule has 1 aromatic carbocycles. The molecule has 1 amide bonds. The molecule has 0 aliphatic rings. The Morgan fingerprint density at radius 1 is 1.50 bits per heavy atom. The van der Waals surface area contributed by atoms with Crippen LogP contribution in [0.4, 0.5) is 5.69 Å². The fourth-order valence-electron chi connectivity index (χ4n) is 1.62. The number of hydrogen-bond donors (Lipinski definition) is 2. The molecule has 0 aliphatic carbocycles. The van der Waals surface area contributed by atoms with Crippen molar-refractivity contribution in [1.29, 1.82) is 0 Å². The van der Waals surface area contributed by atoms with Crippen molar-refractivity contribution >= 4 is 11.6 Å². The average Bonchev–Trinajstić information content (AvgIpc) is 2.45. The third-order valence-corrected chi connectivity index (χ3v) is 2.70. The average molecular weight is 283 g/mol. The predicted molar refractivity (Wildman–Crippen MR) is 71.7 cm³/mol. The number of nitrogens with two attached hydrogens (primary N) is 1. The van der Waals surface area contributed by atoms with E-state index in [0.717, 1.165) is 0 Å². The van der Waals surface area contributed by atoms with E-state index in [4.69, 9.17) is 15.2 Å². The summed E-state index contributed by atoms with van der Waals surface area (Å²) in [5.74, 6) is 0.0527. The van der Waals surface area contributed by atoms with Crippen LogP contribution < -0.4 is 20.5 Å². The minimum absolute atomic E-state index is 0.00203. The Bertz CT molecular complexity index is 518. The van der Waals surface area contributed by atoms with E-state index in [-0.39, 0.29) is 29.6 Å². The first-order chi connectivity index (χ1) is 9.44. The smallest absolute Gasteiger partial charge is 0.277 e. The van der Waals surface area contributed by atoms with Crippen molar-refractivity contribution in [2.45, 2.75) is 19.6 Å². The second-order valence-corrected chi connectivity index (χ2v) is 3.97. The summed E-state index contributed by atoms with van der Waals surface area (Å²) in [7, 11) is 2.87. The first kappa shape index (κ1) is 15.7. The van der Waals surface area contributed by atoms with Crippen molar-refractivity contribution in [3.63, 3.8) is 0 Å². The van der Waals surface area contributed by atoms with Gasteiger partial charge in [0.15, 0.2) is 17.6 Å². The summed E-state index contributed by atoms with van der Waals surface area (Å²) in [5, 5.41) is 13.4. The Morgan fingerprint density at radius 2 is 2.15 bits per heavy atom. The Labute approximate surface area is 116 Å². The Morgan fingerprint density at radius 3 is 2.60 bits per heavy atom. The van der Waals surface area contributed by atoms with Gasteiger partial charge in [-0.1, -0.05) is 0 Å². The second kappa shape index (κ2) is 6.71. The van der Waals surface area contributed by atoms with Crippen molar-refractivity contribution < 1.29 is 19.2 Å². The summed E-state index contributed by atoms with van der Waals surface area (Å²) in [5.41, 5.74) is 5.62. The molecular formula is C12H17N3O5. The summed E-state index contributed by atoms with van der Waals surface area (Å²) in [6.07, 6.45) is -0.808. The maximum atomic E-state index is 11.4. The van der Waals surface area contributed by atoms with Crippen LogP contribution in [0, 0.1) is 10.1 Å². The fraction of sp³-hybridized carbons (Fsp3) is 0.417. The van der Waals surface area contributed by atoms with E-state index in [9.17, 15) is 14.9 Å². The van der Waals surface area contributed by atoms with Gasteiger partial charge in [-0.15, -0.1) is 0 Å². The van der Waals surface area contributed by atoms with Gasteiger partial charge in [0.1, 0.15) is 0 Å². The zero-order valence-corrected chi connectivity index (χ0v) is 11.5. The number of nitro benzene ring substituents is 1. The molecule has 20 heavy (non-hydrogen) atoms. The molecule has 0 bridgehead atoms. The van der Waals surface area contributed by atoms with Gasteiger partial charge < -0.3 is 20.5 Å². The molecule has 0 spiro atoms. The molecular weight excluding hydrogens is 266 g/mol. The van der Waals surface area contributed by atoms with E-state index >= 15 is 0 Å². The zero-order chi connectivity index (χ0) is 15.3. The van der Waals surface area contributed by atoms with Crippen LogP contribution in [0.2, 0.25) is 0 Å². The normalized spacial score (nSPS) is 11.6. The molecule has 0 aromatic heterocycles. The third-order valence-electron chi connectivity index (χ3n) is 2.70. The van der Waals surface area contributed by atoms with Crippen LogP contribution in [0.5, 0.6) is 11.5 Å². The Kier molecular flexibility index (Phi) is 5.27. The van der Waals surface area contributed by atoms with E-state index in [0.29, 0.717) is 5.56 Å². The SMILES string of the molecule is CNC(=O)C(C)Oc1cc([N+](=O)[O-])c(CN)cc1OC. The molecule has 0 aliphatic heterocycles. The molecule has 1 atom stereocenters. The molecule has 3 N–H and O–H groups in total. The van der Waals surface area contributed by atoms with Crippen molar-refractivity contribution in [3.05, 3.63) is 27.8 Å². The van der Waals surface area contributed by atoms with E-state index in [1.165, 1.54) is 33.2 Å². The topological polar surface area (TPSA) is 117 Å². The molecule has 0 radical (unpaired) electrons. The summed E-state index contributed by atoms with van der Waals surface area (Å²) >= 11 is 0. The predicted octanol–water partition coefficient (Wildman–Crippen LogP) is 0.575. The van der Waals surface area contributed by atoms with Gasteiger partial charge in [0.2, 0.25) is 0 Å². The van der Waals surface area contributed by atoms with Gasteiger partial charge in [-0.3, -0.25) is 14.9 Å². The molecule has 8 nitrogen and oxygen atoms in total. The van der Waals surface area contributed by atoms with E-state index in [1.807, 2.05) is 0 Å². The molecule has 0 fully saturated rings. The summed E-state index contributed by atoms with van der Waals surface area (Å²) in [6, 6.07) is 2.64. The maximum Gasteiger partial charge on any atom is 0.277 e. The van der Waals surface area contributed by atoms with Crippen LogP contribution in [0.3, 0.4) is 0 Å². The molecule has 0 saturated heterocycles. The number of carbonyl (C=O) groups is 1. The standard InChI is InChI=1S/C12H17N3O5/c1-7(12(16)14-2)20-11-5-9(15(17)18)8(6-13)4-10(11)19-3/h4-5,7H,6,13H2,1-3H3,(H,14,16). The number of hydrogen-bond acceptors (Lipinski definition) is 6. The number of amides is 1. The lowest BCUT2D eigenvalue weighted by atomic mass is 10.1. The number of rotatable bonds is 6. The van der Waals surface area contributed by atoms with Gasteiger partial charge in [-0.2, -0.15) is 0 Å². The van der Waals surface area contributed by atoms with Crippen molar-refractivity contribution in [1.82, 2.24) is 5.32 Å². The molecule has 0 saturated carbocycles. The number of nitrogens with zero attached hydrogens (tertiary/aromatic N) is 1. The van der Waals surface area contributed by atoms with Crippen LogP contribution in [0.1, 0.15) is 12.5 Å². The highest BCUT2D eigenvalue weighted by Gasteiger charge is 2.21. The first-order valence-electron chi connectivity index (χ1n) is 5.88. The van der Waals surface area contributed by atoms with Crippen molar-refractivity contribution in [2.75, 3.05) is 14.2 Å². The zero-order valence-electron chi connectivity index (χ0n) is 11.5. The van der Waals surface area contributed by atoms with Crippen LogP contribution in [-0.2, 0) is 11.3 Å². The van der Waals surface area contributed by atoms with E-state index < -0.39 is 11.0 Å². The molecule has 1 aromatic rings. The second-order valence-electron chi connectivity index (χ2n) is 3.97. The number of methoxy groups -OCH3 is 1. The highest BCUT2D eigenvalue weighted by Crippen LogP contribution is 2.35. The molecule has 8 heteroatoms. The van der Waals surface area contributed by atoms with Crippen LogP contribution >= 0.6 is 0 Å². The number of carbonyl (C=O) groups excluding carboxylic acids is 1. The Balaban J connectivity index is 3.20. The van der Waals surface area contributed by atoms with Gasteiger partial charge in [-0.25, -0.2) is 0 Å². The van der Waals surface area contributed by atoms with Gasteiger partial charge in [-0.05, 0) is 13.0 Å². The molecule has 110 valence electrons. The fourth-order valence-corrected chi connectivity index (χ4v) is 1.62. The van der Waals surface area contributed by atoms with Gasteiger partial charge in [0, 0.05) is 19.2 Å². The number of nitro groups is 1. The van der Waals surface area contributed by atoms with Crippen molar-refractivity contribution in [2.24, 2.45) is 5.73 Å². The first-order valence-corrected chi connectivity index (χ1v) is 5.88. The van der Waals surface area contributed by atoms with Gasteiger partial charge in [0.05, 0.1) is 18.1 Å². The maximum absolute atomic E-state index is 11.4. The van der Waals surface area contributed by atoms with E-state index in [1.54, 1.807) is 0 Å². The van der Waals surface area contributed by atoms with Crippen LogP contribution in [-0.4, -0.2) is 31.1 Å². The monoisotopic (exact) mass is 283 g/mol. The summed E-state index contributed by atoms with van der Waals surface area (Å²) in [6.45, 7) is 1.53. The van der Waals surface area contributed by atoms with Crippen molar-refractivity contribution in [3.8, 4) is 11.5 Å². The summed E-state index contributed by atoms with van der Waals surface area (Å²) in [4.78, 5) is 21.9. The lowest BCUT2D eigenvalue weighted by Crippen LogP contribution is -2.33.